The number of terminal acetylenes is 2. The molecule has 0 aliphatic carbocycles. The Morgan fingerprint density at radius 1 is 0.588 bits per heavy atom. The van der Waals surface area contributed by atoms with Crippen molar-refractivity contribution in [1.82, 2.24) is 0 Å². The van der Waals surface area contributed by atoms with Gasteiger partial charge < -0.3 is 4.74 Å². The van der Waals surface area contributed by atoms with E-state index in [1.165, 1.54) is 0 Å². The number of hydrogen-bond donors (Lipinski definition) is 0. The SMILES string of the molecule is C#Cc1ccc(C(=C(c2ccccc2)c2ccc(OCCBr)cc2)c2ccc(C#C)cc2)cc1. The molecule has 0 aliphatic heterocycles. The molecule has 0 aromatic heterocycles. The van der Waals surface area contributed by atoms with Crippen LogP contribution in [0.2, 0.25) is 0 Å². The summed E-state index contributed by atoms with van der Waals surface area (Å²) < 4.78 is 5.78. The van der Waals surface area contributed by atoms with E-state index < -0.39 is 0 Å². The number of benzene rings is 4. The Morgan fingerprint density at radius 2 is 1.00 bits per heavy atom. The molecule has 0 unspecified atom stereocenters. The van der Waals surface area contributed by atoms with Crippen molar-refractivity contribution in [2.45, 2.75) is 0 Å². The van der Waals surface area contributed by atoms with Gasteiger partial charge in [-0.3, -0.25) is 0 Å². The molecule has 0 spiro atoms. The van der Waals surface area contributed by atoms with Crippen LogP contribution in [0.3, 0.4) is 0 Å². The van der Waals surface area contributed by atoms with Crippen LogP contribution >= 0.6 is 15.9 Å². The minimum atomic E-state index is 0.620. The number of halogens is 1. The molecule has 4 aromatic rings. The highest BCUT2D eigenvalue weighted by Gasteiger charge is 2.16. The lowest BCUT2D eigenvalue weighted by Crippen LogP contribution is -1.99. The van der Waals surface area contributed by atoms with Crippen molar-refractivity contribution in [2.24, 2.45) is 0 Å². The summed E-state index contributed by atoms with van der Waals surface area (Å²) in [4.78, 5) is 0. The van der Waals surface area contributed by atoms with Crippen LogP contribution in [-0.4, -0.2) is 11.9 Å². The quantitative estimate of drug-likeness (QED) is 0.145. The second kappa shape index (κ2) is 11.2. The molecule has 0 heterocycles. The van der Waals surface area contributed by atoms with Gasteiger partial charge in [0.2, 0.25) is 0 Å². The third-order valence-electron chi connectivity index (χ3n) is 5.48. The Balaban J connectivity index is 1.98. The lowest BCUT2D eigenvalue weighted by atomic mass is 9.85. The van der Waals surface area contributed by atoms with Gasteiger partial charge in [-0.05, 0) is 69.8 Å². The molecule has 2 heteroatoms. The molecule has 0 amide bonds. The van der Waals surface area contributed by atoms with Crippen LogP contribution in [0.1, 0.15) is 33.4 Å². The predicted octanol–water partition coefficient (Wildman–Crippen LogP) is 7.43. The minimum absolute atomic E-state index is 0.620. The molecule has 0 N–H and O–H groups in total. The van der Waals surface area contributed by atoms with Gasteiger partial charge in [-0.15, -0.1) is 12.8 Å². The van der Waals surface area contributed by atoms with Gasteiger partial charge in [0.1, 0.15) is 5.75 Å². The largest absolute Gasteiger partial charge is 0.493 e. The first-order valence-electron chi connectivity index (χ1n) is 11.0. The number of alkyl halides is 1. The van der Waals surface area contributed by atoms with Crippen molar-refractivity contribution in [2.75, 3.05) is 11.9 Å². The normalized spacial score (nSPS) is 10.1. The maximum Gasteiger partial charge on any atom is 0.119 e. The highest BCUT2D eigenvalue weighted by Crippen LogP contribution is 2.37. The Labute approximate surface area is 210 Å². The van der Waals surface area contributed by atoms with E-state index in [1.807, 2.05) is 42.5 Å². The van der Waals surface area contributed by atoms with E-state index >= 15 is 0 Å². The molecule has 0 saturated heterocycles. The average molecular weight is 503 g/mol. The summed E-state index contributed by atoms with van der Waals surface area (Å²) in [7, 11) is 0. The number of ether oxygens (including phenoxy) is 1. The first-order chi connectivity index (χ1) is 16.7. The van der Waals surface area contributed by atoms with Gasteiger partial charge in [-0.25, -0.2) is 0 Å². The van der Waals surface area contributed by atoms with E-state index in [1.54, 1.807) is 0 Å². The van der Waals surface area contributed by atoms with Gasteiger partial charge in [0.25, 0.3) is 0 Å². The van der Waals surface area contributed by atoms with Gasteiger partial charge in [-0.1, -0.05) is 94.5 Å². The molecule has 4 rings (SSSR count). The minimum Gasteiger partial charge on any atom is -0.493 e. The molecule has 34 heavy (non-hydrogen) atoms. The zero-order valence-electron chi connectivity index (χ0n) is 18.7. The van der Waals surface area contributed by atoms with Crippen LogP contribution < -0.4 is 4.74 Å². The summed E-state index contributed by atoms with van der Waals surface area (Å²) in [6, 6.07) is 34.9. The van der Waals surface area contributed by atoms with Gasteiger partial charge in [0.05, 0.1) is 6.61 Å². The molecule has 164 valence electrons. The van der Waals surface area contributed by atoms with Crippen molar-refractivity contribution in [3.63, 3.8) is 0 Å². The van der Waals surface area contributed by atoms with Crippen LogP contribution in [-0.2, 0) is 0 Å². The maximum absolute atomic E-state index is 5.78. The van der Waals surface area contributed by atoms with Crippen LogP contribution in [0.4, 0.5) is 0 Å². The molecule has 0 radical (unpaired) electrons. The predicted molar refractivity (Wildman–Crippen MR) is 146 cm³/mol. The van der Waals surface area contributed by atoms with Crippen molar-refractivity contribution in [3.05, 3.63) is 137 Å². The molecule has 0 bridgehead atoms. The standard InChI is InChI=1S/C32H23BrO/c1-3-24-10-14-27(15-11-24)32(28-16-12-25(4-2)13-17-28)31(26-8-6-5-7-9-26)29-18-20-30(21-19-29)34-23-22-33/h1-2,5-21H,22-23H2. The summed E-state index contributed by atoms with van der Waals surface area (Å²) in [6.45, 7) is 0.620. The third-order valence-corrected chi connectivity index (χ3v) is 5.81. The summed E-state index contributed by atoms with van der Waals surface area (Å²) in [5.41, 5.74) is 8.28. The number of hydrogen-bond acceptors (Lipinski definition) is 1. The highest BCUT2D eigenvalue weighted by atomic mass is 79.9. The zero-order valence-corrected chi connectivity index (χ0v) is 20.3. The van der Waals surface area contributed by atoms with Gasteiger partial charge >= 0.3 is 0 Å². The van der Waals surface area contributed by atoms with E-state index in [-0.39, 0.29) is 0 Å². The monoisotopic (exact) mass is 502 g/mol. The van der Waals surface area contributed by atoms with E-state index in [9.17, 15) is 0 Å². The lowest BCUT2D eigenvalue weighted by molar-refractivity contribution is 0.345. The molecule has 0 atom stereocenters. The summed E-state index contributed by atoms with van der Waals surface area (Å²) >= 11 is 3.41. The molecular formula is C32H23BrO. The Kier molecular flexibility index (Phi) is 7.67. The maximum atomic E-state index is 5.78. The van der Waals surface area contributed by atoms with Crippen LogP contribution in [0.5, 0.6) is 5.75 Å². The Bertz CT molecular complexity index is 1290. The fraction of sp³-hybridized carbons (Fsp3) is 0.0625. The second-order valence-corrected chi connectivity index (χ2v) is 8.41. The molecule has 0 aliphatic rings. The summed E-state index contributed by atoms with van der Waals surface area (Å²) in [5, 5.41) is 0.787. The van der Waals surface area contributed by atoms with Crippen molar-refractivity contribution >= 4 is 27.1 Å². The second-order valence-electron chi connectivity index (χ2n) is 7.62. The lowest BCUT2D eigenvalue weighted by Gasteiger charge is -2.18. The highest BCUT2D eigenvalue weighted by molar-refractivity contribution is 9.09. The van der Waals surface area contributed by atoms with Crippen molar-refractivity contribution in [1.29, 1.82) is 0 Å². The fourth-order valence-electron chi connectivity index (χ4n) is 3.86. The fourth-order valence-corrected chi connectivity index (χ4v) is 4.02. The molecule has 4 aromatic carbocycles. The zero-order chi connectivity index (χ0) is 23.8. The van der Waals surface area contributed by atoms with Crippen LogP contribution in [0, 0.1) is 24.7 Å². The van der Waals surface area contributed by atoms with Crippen LogP contribution in [0.15, 0.2) is 103 Å². The van der Waals surface area contributed by atoms with Crippen molar-refractivity contribution in [3.8, 4) is 30.4 Å². The molecular weight excluding hydrogens is 480 g/mol. The smallest absolute Gasteiger partial charge is 0.119 e. The van der Waals surface area contributed by atoms with E-state index in [0.29, 0.717) is 6.61 Å². The molecule has 1 nitrogen and oxygen atoms in total. The Hall–Kier alpha value is -3.98. The first-order valence-corrected chi connectivity index (χ1v) is 12.1. The Morgan fingerprint density at radius 3 is 1.41 bits per heavy atom. The molecule has 0 fully saturated rings. The van der Waals surface area contributed by atoms with E-state index in [0.717, 1.165) is 55.6 Å². The first kappa shape index (κ1) is 23.2. The summed E-state index contributed by atoms with van der Waals surface area (Å²) in [5.74, 6) is 6.26. The molecule has 0 saturated carbocycles. The van der Waals surface area contributed by atoms with E-state index in [4.69, 9.17) is 17.6 Å². The third kappa shape index (κ3) is 5.32. The number of rotatable bonds is 7. The van der Waals surface area contributed by atoms with Crippen LogP contribution in [0.25, 0.3) is 11.1 Å². The summed E-state index contributed by atoms with van der Waals surface area (Å²) in [6.07, 6.45) is 11.2. The van der Waals surface area contributed by atoms with Crippen molar-refractivity contribution < 1.29 is 4.74 Å². The van der Waals surface area contributed by atoms with Gasteiger partial charge in [0, 0.05) is 16.5 Å². The topological polar surface area (TPSA) is 9.23 Å². The van der Waals surface area contributed by atoms with Gasteiger partial charge in [-0.2, -0.15) is 0 Å². The average Bonchev–Trinajstić information content (AvgIpc) is 2.91. The van der Waals surface area contributed by atoms with Gasteiger partial charge in [0.15, 0.2) is 0 Å². The van der Waals surface area contributed by atoms with E-state index in [2.05, 4.69) is 88.4 Å².